The van der Waals surface area contributed by atoms with Crippen molar-refractivity contribution in [1.82, 2.24) is 14.7 Å². The molecule has 0 N–H and O–H groups in total. The van der Waals surface area contributed by atoms with Crippen molar-refractivity contribution in [2.45, 2.75) is 45.8 Å². The predicted molar refractivity (Wildman–Crippen MR) is 81.9 cm³/mol. The lowest BCUT2D eigenvalue weighted by Gasteiger charge is -2.35. The molecule has 124 valence electrons. The van der Waals surface area contributed by atoms with E-state index in [2.05, 4.69) is 5.10 Å². The minimum atomic E-state index is -1.24. The van der Waals surface area contributed by atoms with Crippen molar-refractivity contribution in [2.75, 3.05) is 14.2 Å². The van der Waals surface area contributed by atoms with Crippen LogP contribution in [0.3, 0.4) is 0 Å². The molecule has 0 spiro atoms. The van der Waals surface area contributed by atoms with Crippen LogP contribution in [0.2, 0.25) is 0 Å². The Labute approximate surface area is 131 Å². The van der Waals surface area contributed by atoms with Gasteiger partial charge in [-0.25, -0.2) is 9.48 Å². The second-order valence-electron chi connectivity index (χ2n) is 6.40. The van der Waals surface area contributed by atoms with E-state index in [-0.39, 0.29) is 0 Å². The van der Waals surface area contributed by atoms with Crippen LogP contribution in [0.4, 0.5) is 4.79 Å². The molecule has 0 aliphatic heterocycles. The van der Waals surface area contributed by atoms with E-state index in [0.717, 1.165) is 0 Å². The fourth-order valence-corrected chi connectivity index (χ4v) is 2.28. The Morgan fingerprint density at radius 2 is 1.86 bits per heavy atom. The number of amides is 1. The maximum atomic E-state index is 12.3. The van der Waals surface area contributed by atoms with Gasteiger partial charge in [0.25, 0.3) is 0 Å². The van der Waals surface area contributed by atoms with Gasteiger partial charge in [0.2, 0.25) is 5.88 Å². The van der Waals surface area contributed by atoms with E-state index in [0.29, 0.717) is 23.4 Å². The van der Waals surface area contributed by atoms with Gasteiger partial charge in [0.1, 0.15) is 17.4 Å². The second-order valence-corrected chi connectivity index (χ2v) is 6.40. The topological polar surface area (TPSA) is 73.7 Å². The van der Waals surface area contributed by atoms with Crippen molar-refractivity contribution in [2.24, 2.45) is 7.05 Å². The molecule has 1 rings (SSSR count). The molecule has 7 heteroatoms. The average Bonchev–Trinajstić information content (AvgIpc) is 2.69. The summed E-state index contributed by atoms with van der Waals surface area (Å²) in [6.45, 7) is 8.71. The lowest BCUT2D eigenvalue weighted by atomic mass is 9.92. The fourth-order valence-electron chi connectivity index (χ4n) is 2.28. The molecule has 0 aromatic carbocycles. The first kappa shape index (κ1) is 18.0. The number of likely N-dealkylation sites (N-methyl/N-ethyl adjacent to an activating group) is 1. The lowest BCUT2D eigenvalue weighted by molar-refractivity contribution is -0.117. The summed E-state index contributed by atoms with van der Waals surface area (Å²) < 4.78 is 12.2. The van der Waals surface area contributed by atoms with Crippen molar-refractivity contribution >= 4 is 12.4 Å². The summed E-state index contributed by atoms with van der Waals surface area (Å²) in [5.74, 6) is 0.433. The Bertz CT molecular complexity index is 574. The monoisotopic (exact) mass is 311 g/mol. The summed E-state index contributed by atoms with van der Waals surface area (Å²) in [6, 6.07) is 0. The zero-order chi connectivity index (χ0) is 17.3. The van der Waals surface area contributed by atoms with Gasteiger partial charge >= 0.3 is 6.09 Å². The van der Waals surface area contributed by atoms with Gasteiger partial charge in [-0.15, -0.1) is 0 Å². The molecule has 1 aromatic heterocycles. The number of aromatic nitrogens is 2. The Kier molecular flexibility index (Phi) is 4.89. The summed E-state index contributed by atoms with van der Waals surface area (Å²) in [5.41, 5.74) is -0.736. The molecule has 0 bridgehead atoms. The number of methoxy groups -OCH3 is 1. The summed E-state index contributed by atoms with van der Waals surface area (Å²) >= 11 is 0. The standard InChI is InChI=1S/C15H25N3O4/c1-10-11(12(21-8)18(7)16-10)15(5,9-19)17(6)13(20)22-14(2,3)4/h9H,1-8H3. The molecule has 22 heavy (non-hydrogen) atoms. The van der Waals surface area contributed by atoms with Gasteiger partial charge in [0.15, 0.2) is 0 Å². The largest absolute Gasteiger partial charge is 0.481 e. The number of hydrogen-bond acceptors (Lipinski definition) is 5. The number of carbonyl (C=O) groups is 2. The summed E-state index contributed by atoms with van der Waals surface area (Å²) in [7, 11) is 4.74. The van der Waals surface area contributed by atoms with Crippen LogP contribution in [-0.4, -0.2) is 46.8 Å². The van der Waals surface area contributed by atoms with Crippen LogP contribution in [0.5, 0.6) is 5.88 Å². The number of aryl methyl sites for hydroxylation is 2. The fraction of sp³-hybridized carbons (Fsp3) is 0.667. The SMILES string of the molecule is COc1c(C(C)(C=O)N(C)C(=O)OC(C)(C)C)c(C)nn1C. The van der Waals surface area contributed by atoms with Crippen molar-refractivity contribution in [3.05, 3.63) is 11.3 Å². The second kappa shape index (κ2) is 5.98. The highest BCUT2D eigenvalue weighted by atomic mass is 16.6. The number of rotatable bonds is 4. The molecule has 0 saturated carbocycles. The van der Waals surface area contributed by atoms with Crippen molar-refractivity contribution in [3.63, 3.8) is 0 Å². The van der Waals surface area contributed by atoms with Gasteiger partial charge in [-0.3, -0.25) is 4.90 Å². The highest BCUT2D eigenvalue weighted by Crippen LogP contribution is 2.35. The summed E-state index contributed by atoms with van der Waals surface area (Å²) in [5, 5.41) is 4.27. The van der Waals surface area contributed by atoms with Gasteiger partial charge in [0.05, 0.1) is 18.4 Å². The molecule has 0 aliphatic carbocycles. The maximum Gasteiger partial charge on any atom is 0.411 e. The van der Waals surface area contributed by atoms with E-state index in [1.54, 1.807) is 41.7 Å². The first-order valence-corrected chi connectivity index (χ1v) is 6.99. The smallest absolute Gasteiger partial charge is 0.411 e. The molecule has 7 nitrogen and oxygen atoms in total. The third-order valence-corrected chi connectivity index (χ3v) is 3.46. The van der Waals surface area contributed by atoms with E-state index in [1.807, 2.05) is 0 Å². The van der Waals surface area contributed by atoms with Crippen LogP contribution in [0, 0.1) is 6.92 Å². The number of carbonyl (C=O) groups excluding carboxylic acids is 2. The molecular formula is C15H25N3O4. The maximum absolute atomic E-state index is 12.3. The van der Waals surface area contributed by atoms with E-state index in [9.17, 15) is 9.59 Å². The van der Waals surface area contributed by atoms with Crippen LogP contribution < -0.4 is 4.74 Å². The van der Waals surface area contributed by atoms with Crippen LogP contribution in [-0.2, 0) is 22.1 Å². The van der Waals surface area contributed by atoms with Crippen molar-refractivity contribution in [3.8, 4) is 5.88 Å². The van der Waals surface area contributed by atoms with Gasteiger partial charge in [0, 0.05) is 14.1 Å². The third kappa shape index (κ3) is 3.23. The molecule has 1 aromatic rings. The number of hydrogen-bond donors (Lipinski definition) is 0. The molecule has 1 unspecified atom stereocenters. The molecule has 0 saturated heterocycles. The van der Waals surface area contributed by atoms with Crippen molar-refractivity contribution < 1.29 is 19.1 Å². The van der Waals surface area contributed by atoms with E-state index < -0.39 is 17.2 Å². The minimum Gasteiger partial charge on any atom is -0.481 e. The van der Waals surface area contributed by atoms with Crippen LogP contribution >= 0.6 is 0 Å². The van der Waals surface area contributed by atoms with E-state index >= 15 is 0 Å². The summed E-state index contributed by atoms with van der Waals surface area (Å²) in [6.07, 6.45) is 0.108. The molecular weight excluding hydrogens is 286 g/mol. The number of aldehydes is 1. The Morgan fingerprint density at radius 1 is 1.32 bits per heavy atom. The van der Waals surface area contributed by atoms with E-state index in [4.69, 9.17) is 9.47 Å². The van der Waals surface area contributed by atoms with E-state index in [1.165, 1.54) is 23.7 Å². The third-order valence-electron chi connectivity index (χ3n) is 3.46. The normalized spacial score (nSPS) is 14.2. The molecule has 1 heterocycles. The van der Waals surface area contributed by atoms with Gasteiger partial charge in [-0.1, -0.05) is 0 Å². The molecule has 1 atom stereocenters. The predicted octanol–water partition coefficient (Wildman–Crippen LogP) is 2.02. The lowest BCUT2D eigenvalue weighted by Crippen LogP contribution is -2.48. The average molecular weight is 311 g/mol. The first-order valence-electron chi connectivity index (χ1n) is 6.99. The van der Waals surface area contributed by atoms with Crippen LogP contribution in [0.1, 0.15) is 39.0 Å². The Morgan fingerprint density at radius 3 is 2.27 bits per heavy atom. The van der Waals surface area contributed by atoms with Crippen molar-refractivity contribution in [1.29, 1.82) is 0 Å². The molecule has 0 aliphatic rings. The van der Waals surface area contributed by atoms with Gasteiger partial charge < -0.3 is 14.3 Å². The highest BCUT2D eigenvalue weighted by Gasteiger charge is 2.42. The molecule has 0 fully saturated rings. The Hall–Kier alpha value is -2.05. The molecule has 0 radical (unpaired) electrons. The minimum absolute atomic E-state index is 0.433. The summed E-state index contributed by atoms with van der Waals surface area (Å²) in [4.78, 5) is 25.4. The number of ether oxygens (including phenoxy) is 2. The zero-order valence-electron chi connectivity index (χ0n) is 14.6. The Balaban J connectivity index is 3.33. The first-order chi connectivity index (χ1) is 9.97. The zero-order valence-corrected chi connectivity index (χ0v) is 14.6. The highest BCUT2D eigenvalue weighted by molar-refractivity contribution is 5.79. The number of nitrogens with zero attached hydrogens (tertiary/aromatic N) is 3. The van der Waals surface area contributed by atoms with Gasteiger partial charge in [-0.2, -0.15) is 5.10 Å². The van der Waals surface area contributed by atoms with Gasteiger partial charge in [-0.05, 0) is 34.6 Å². The quantitative estimate of drug-likeness (QED) is 0.795. The van der Waals surface area contributed by atoms with Crippen LogP contribution in [0.25, 0.3) is 0 Å². The van der Waals surface area contributed by atoms with Crippen LogP contribution in [0.15, 0.2) is 0 Å². The molecule has 1 amide bonds.